The van der Waals surface area contributed by atoms with E-state index in [9.17, 15) is 0 Å². The lowest BCUT2D eigenvalue weighted by atomic mass is 10.1. The number of morpholine rings is 1. The Morgan fingerprint density at radius 3 is 2.24 bits per heavy atom. The standard InChI is InChI=1S/C26H22N6O/c1-2-5-19(6-3-1)21-7-4-8-22(28-21)24-18-26(31-13-15-33-16-14-31)32-25(29-24)17-23(30-32)20-9-11-27-12-10-20/h1-12,17-18H,13-16H2. The molecule has 0 unspecified atom stereocenters. The fraction of sp³-hybridized carbons (Fsp3) is 0.154. The maximum absolute atomic E-state index is 5.58. The molecule has 5 heterocycles. The zero-order valence-electron chi connectivity index (χ0n) is 18.0. The Morgan fingerprint density at radius 1 is 0.667 bits per heavy atom. The topological polar surface area (TPSA) is 68.4 Å². The molecule has 162 valence electrons. The number of pyridine rings is 2. The van der Waals surface area contributed by atoms with E-state index in [1.165, 1.54) is 0 Å². The second-order valence-electron chi connectivity index (χ2n) is 7.91. The summed E-state index contributed by atoms with van der Waals surface area (Å²) in [5, 5.41) is 4.88. The van der Waals surface area contributed by atoms with Crippen LogP contribution in [0, 0.1) is 0 Å². The van der Waals surface area contributed by atoms with E-state index in [1.807, 2.05) is 59.1 Å². The van der Waals surface area contributed by atoms with Crippen LogP contribution in [0.3, 0.4) is 0 Å². The van der Waals surface area contributed by atoms with Crippen LogP contribution in [0.4, 0.5) is 5.82 Å². The molecule has 4 aromatic heterocycles. The highest BCUT2D eigenvalue weighted by molar-refractivity contribution is 5.71. The third-order valence-electron chi connectivity index (χ3n) is 5.80. The first-order chi connectivity index (χ1) is 16.3. The van der Waals surface area contributed by atoms with E-state index in [2.05, 4.69) is 28.1 Å². The maximum atomic E-state index is 5.58. The van der Waals surface area contributed by atoms with E-state index in [-0.39, 0.29) is 0 Å². The van der Waals surface area contributed by atoms with Crippen LogP contribution in [0.2, 0.25) is 0 Å². The van der Waals surface area contributed by atoms with E-state index in [4.69, 9.17) is 19.8 Å². The molecule has 1 saturated heterocycles. The third kappa shape index (κ3) is 3.83. The molecule has 0 aliphatic carbocycles. The van der Waals surface area contributed by atoms with E-state index < -0.39 is 0 Å². The second kappa shape index (κ2) is 8.44. The largest absolute Gasteiger partial charge is 0.378 e. The molecule has 1 fully saturated rings. The van der Waals surface area contributed by atoms with Crippen molar-refractivity contribution in [3.63, 3.8) is 0 Å². The predicted molar refractivity (Wildman–Crippen MR) is 128 cm³/mol. The molecule has 6 rings (SSSR count). The Kier molecular flexibility index (Phi) is 5.01. The summed E-state index contributed by atoms with van der Waals surface area (Å²) in [4.78, 5) is 16.3. The summed E-state index contributed by atoms with van der Waals surface area (Å²) in [6.07, 6.45) is 3.56. The van der Waals surface area contributed by atoms with Crippen LogP contribution in [0.5, 0.6) is 0 Å². The summed E-state index contributed by atoms with van der Waals surface area (Å²) in [5.41, 5.74) is 6.32. The molecule has 0 saturated carbocycles. The summed E-state index contributed by atoms with van der Waals surface area (Å²) in [5.74, 6) is 0.991. The summed E-state index contributed by atoms with van der Waals surface area (Å²) in [6, 6.07) is 24.3. The number of hydrogen-bond acceptors (Lipinski definition) is 6. The fourth-order valence-corrected chi connectivity index (χ4v) is 4.12. The number of ether oxygens (including phenoxy) is 1. The molecule has 0 spiro atoms. The highest BCUT2D eigenvalue weighted by atomic mass is 16.5. The lowest BCUT2D eigenvalue weighted by molar-refractivity contribution is 0.122. The average molecular weight is 435 g/mol. The van der Waals surface area contributed by atoms with Gasteiger partial charge in [-0.2, -0.15) is 9.61 Å². The molecule has 0 amide bonds. The third-order valence-corrected chi connectivity index (χ3v) is 5.80. The maximum Gasteiger partial charge on any atom is 0.158 e. The summed E-state index contributed by atoms with van der Waals surface area (Å²) < 4.78 is 7.50. The van der Waals surface area contributed by atoms with Gasteiger partial charge in [0.25, 0.3) is 0 Å². The van der Waals surface area contributed by atoms with Gasteiger partial charge in [-0.15, -0.1) is 0 Å². The van der Waals surface area contributed by atoms with Gasteiger partial charge in [0.05, 0.1) is 36.0 Å². The first-order valence-electron chi connectivity index (χ1n) is 11.0. The van der Waals surface area contributed by atoms with E-state index in [1.54, 1.807) is 12.4 Å². The smallest absolute Gasteiger partial charge is 0.158 e. The minimum atomic E-state index is 0.694. The van der Waals surface area contributed by atoms with Crippen LogP contribution in [-0.2, 0) is 4.74 Å². The number of anilines is 1. The van der Waals surface area contributed by atoms with Gasteiger partial charge in [0.1, 0.15) is 5.82 Å². The minimum Gasteiger partial charge on any atom is -0.378 e. The van der Waals surface area contributed by atoms with Gasteiger partial charge in [-0.25, -0.2) is 9.97 Å². The van der Waals surface area contributed by atoms with Crippen LogP contribution in [0.15, 0.2) is 85.2 Å². The van der Waals surface area contributed by atoms with Gasteiger partial charge < -0.3 is 9.64 Å². The molecular formula is C26H22N6O. The van der Waals surface area contributed by atoms with Crippen molar-refractivity contribution < 1.29 is 4.74 Å². The monoisotopic (exact) mass is 434 g/mol. The first-order valence-corrected chi connectivity index (χ1v) is 11.0. The van der Waals surface area contributed by atoms with Crippen molar-refractivity contribution in [1.29, 1.82) is 0 Å². The van der Waals surface area contributed by atoms with Crippen LogP contribution in [0.25, 0.3) is 39.5 Å². The normalized spacial score (nSPS) is 14.0. The Morgan fingerprint density at radius 2 is 1.42 bits per heavy atom. The van der Waals surface area contributed by atoms with Crippen LogP contribution in [-0.4, -0.2) is 50.9 Å². The Labute approximate surface area is 191 Å². The molecule has 1 aromatic carbocycles. The van der Waals surface area contributed by atoms with Crippen LogP contribution in [0.1, 0.15) is 0 Å². The summed E-state index contributed by atoms with van der Waals surface area (Å²) in [6.45, 7) is 3.00. The number of hydrogen-bond donors (Lipinski definition) is 0. The number of nitrogens with zero attached hydrogens (tertiary/aromatic N) is 6. The van der Waals surface area contributed by atoms with Crippen LogP contribution >= 0.6 is 0 Å². The molecule has 1 aliphatic heterocycles. The molecule has 7 nitrogen and oxygen atoms in total. The van der Waals surface area contributed by atoms with Gasteiger partial charge in [-0.1, -0.05) is 36.4 Å². The highest BCUT2D eigenvalue weighted by Gasteiger charge is 2.19. The second-order valence-corrected chi connectivity index (χ2v) is 7.91. The van der Waals surface area contributed by atoms with Crippen molar-refractivity contribution in [2.75, 3.05) is 31.2 Å². The highest BCUT2D eigenvalue weighted by Crippen LogP contribution is 2.28. The van der Waals surface area contributed by atoms with Crippen LogP contribution < -0.4 is 4.90 Å². The molecule has 7 heteroatoms. The van der Waals surface area contributed by atoms with Gasteiger partial charge >= 0.3 is 0 Å². The first kappa shape index (κ1) is 19.6. The van der Waals surface area contributed by atoms with Crippen molar-refractivity contribution in [2.45, 2.75) is 0 Å². The Bertz CT molecular complexity index is 1390. The molecule has 0 atom stereocenters. The van der Waals surface area contributed by atoms with Crippen molar-refractivity contribution in [2.24, 2.45) is 0 Å². The Hall–Kier alpha value is -4.10. The van der Waals surface area contributed by atoms with Gasteiger partial charge in [0, 0.05) is 48.7 Å². The van der Waals surface area contributed by atoms with Crippen molar-refractivity contribution >= 4 is 11.5 Å². The van der Waals surface area contributed by atoms with Crippen molar-refractivity contribution in [3.8, 4) is 33.9 Å². The lowest BCUT2D eigenvalue weighted by Crippen LogP contribution is -2.37. The minimum absolute atomic E-state index is 0.694. The van der Waals surface area contributed by atoms with Crippen molar-refractivity contribution in [1.82, 2.24) is 24.6 Å². The zero-order valence-corrected chi connectivity index (χ0v) is 18.0. The molecule has 1 aliphatic rings. The number of fused-ring (bicyclic) bond motifs is 1. The average Bonchev–Trinajstić information content (AvgIpc) is 3.34. The number of aromatic nitrogens is 5. The molecule has 0 N–H and O–H groups in total. The van der Waals surface area contributed by atoms with E-state index >= 15 is 0 Å². The van der Waals surface area contributed by atoms with E-state index in [0.717, 1.165) is 58.5 Å². The molecular weight excluding hydrogens is 412 g/mol. The van der Waals surface area contributed by atoms with Gasteiger partial charge in [0.15, 0.2) is 5.65 Å². The summed E-state index contributed by atoms with van der Waals surface area (Å²) >= 11 is 0. The lowest BCUT2D eigenvalue weighted by Gasteiger charge is -2.29. The molecule has 5 aromatic rings. The quantitative estimate of drug-likeness (QED) is 0.419. The van der Waals surface area contributed by atoms with E-state index in [0.29, 0.717) is 13.2 Å². The number of benzene rings is 1. The van der Waals surface area contributed by atoms with Gasteiger partial charge in [-0.05, 0) is 24.3 Å². The molecule has 0 radical (unpaired) electrons. The summed E-state index contributed by atoms with van der Waals surface area (Å²) in [7, 11) is 0. The Balaban J connectivity index is 1.50. The molecule has 33 heavy (non-hydrogen) atoms. The van der Waals surface area contributed by atoms with Gasteiger partial charge in [-0.3, -0.25) is 4.98 Å². The zero-order chi connectivity index (χ0) is 22.0. The SMILES string of the molecule is c1ccc(-c2cccc(-c3cc(N4CCOCC4)n4nc(-c5ccncc5)cc4n3)n2)cc1. The number of rotatable bonds is 4. The molecule has 0 bridgehead atoms. The van der Waals surface area contributed by atoms with Crippen molar-refractivity contribution in [3.05, 3.63) is 85.2 Å². The fourth-order valence-electron chi connectivity index (χ4n) is 4.12. The van der Waals surface area contributed by atoms with Gasteiger partial charge in [0.2, 0.25) is 0 Å². The predicted octanol–water partition coefficient (Wildman–Crippen LogP) is 4.36.